The van der Waals surface area contributed by atoms with Crippen molar-refractivity contribution in [3.8, 4) is 0 Å². The number of rotatable bonds is 4. The van der Waals surface area contributed by atoms with Crippen LogP contribution in [0.25, 0.3) is 0 Å². The fraction of sp³-hybridized carbons (Fsp3) is 0.917. The lowest BCUT2D eigenvalue weighted by Gasteiger charge is -2.37. The van der Waals surface area contributed by atoms with Crippen molar-refractivity contribution in [3.05, 3.63) is 0 Å². The third-order valence-corrected chi connectivity index (χ3v) is 3.77. The zero-order valence-electron chi connectivity index (χ0n) is 10.7. The second-order valence-electron chi connectivity index (χ2n) is 5.08. The maximum atomic E-state index is 12.4. The normalized spacial score (nSPS) is 22.7. The van der Waals surface area contributed by atoms with Gasteiger partial charge in [-0.15, -0.1) is 12.4 Å². The molecular weight excluding hydrogens is 240 g/mol. The molecule has 1 amide bonds. The predicted octanol–water partition coefficient (Wildman–Crippen LogP) is 1.05. The fourth-order valence-electron chi connectivity index (χ4n) is 2.45. The zero-order valence-corrected chi connectivity index (χ0v) is 11.5. The van der Waals surface area contributed by atoms with Gasteiger partial charge in [0.05, 0.1) is 0 Å². The van der Waals surface area contributed by atoms with Gasteiger partial charge in [-0.2, -0.15) is 0 Å². The van der Waals surface area contributed by atoms with Crippen LogP contribution in [0.3, 0.4) is 0 Å². The molecule has 0 unspecified atom stereocenters. The van der Waals surface area contributed by atoms with E-state index in [1.54, 1.807) is 7.11 Å². The molecule has 1 heterocycles. The summed E-state index contributed by atoms with van der Waals surface area (Å²) in [4.78, 5) is 14.3. The van der Waals surface area contributed by atoms with Gasteiger partial charge in [0, 0.05) is 20.7 Å². The Hall–Kier alpha value is -0.320. The summed E-state index contributed by atoms with van der Waals surface area (Å²) in [5, 5.41) is 3.27. The number of amides is 1. The van der Waals surface area contributed by atoms with Gasteiger partial charge in [0.1, 0.15) is 5.60 Å². The summed E-state index contributed by atoms with van der Waals surface area (Å²) in [6.07, 6.45) is 4.13. The lowest BCUT2D eigenvalue weighted by Crippen LogP contribution is -2.54. The molecule has 0 aromatic heterocycles. The van der Waals surface area contributed by atoms with E-state index in [1.165, 1.54) is 12.8 Å². The Bertz CT molecular complexity index is 263. The number of carbonyl (C=O) groups is 1. The van der Waals surface area contributed by atoms with Gasteiger partial charge in [0.25, 0.3) is 5.91 Å². The Balaban J connectivity index is 0.00000144. The summed E-state index contributed by atoms with van der Waals surface area (Å²) in [5.74, 6) is 0.910. The first-order valence-electron chi connectivity index (χ1n) is 6.19. The maximum absolute atomic E-state index is 12.4. The SMILES string of the molecule is COC1(C(=O)N(C)CC2CC2)CCNCC1.Cl. The van der Waals surface area contributed by atoms with Crippen LogP contribution in [0, 0.1) is 5.92 Å². The van der Waals surface area contributed by atoms with Crippen LogP contribution in [0.4, 0.5) is 0 Å². The molecule has 0 bridgehead atoms. The Labute approximate surface area is 109 Å². The van der Waals surface area contributed by atoms with Crippen LogP contribution in [0.15, 0.2) is 0 Å². The van der Waals surface area contributed by atoms with Gasteiger partial charge < -0.3 is 15.0 Å². The van der Waals surface area contributed by atoms with Crippen molar-refractivity contribution >= 4 is 18.3 Å². The minimum Gasteiger partial charge on any atom is -0.368 e. The third kappa shape index (κ3) is 3.33. The number of likely N-dealkylation sites (N-methyl/N-ethyl adjacent to an activating group) is 1. The molecule has 0 radical (unpaired) electrons. The Morgan fingerprint density at radius 2 is 2.00 bits per heavy atom. The molecule has 0 aromatic carbocycles. The molecule has 1 aliphatic carbocycles. The van der Waals surface area contributed by atoms with E-state index in [0.29, 0.717) is 0 Å². The van der Waals surface area contributed by atoms with E-state index in [1.807, 2.05) is 11.9 Å². The number of hydrogen-bond acceptors (Lipinski definition) is 3. The van der Waals surface area contributed by atoms with E-state index in [-0.39, 0.29) is 18.3 Å². The van der Waals surface area contributed by atoms with Crippen molar-refractivity contribution in [2.24, 2.45) is 5.92 Å². The molecule has 1 aliphatic heterocycles. The smallest absolute Gasteiger partial charge is 0.254 e. The van der Waals surface area contributed by atoms with E-state index in [4.69, 9.17) is 4.74 Å². The molecule has 0 atom stereocenters. The largest absolute Gasteiger partial charge is 0.368 e. The first kappa shape index (κ1) is 14.7. The molecule has 4 nitrogen and oxygen atoms in total. The molecule has 17 heavy (non-hydrogen) atoms. The molecule has 1 saturated carbocycles. The van der Waals surface area contributed by atoms with Crippen LogP contribution < -0.4 is 5.32 Å². The van der Waals surface area contributed by atoms with Crippen molar-refractivity contribution in [1.29, 1.82) is 0 Å². The highest BCUT2D eigenvalue weighted by molar-refractivity contribution is 5.85. The van der Waals surface area contributed by atoms with E-state index >= 15 is 0 Å². The van der Waals surface area contributed by atoms with Gasteiger partial charge in [-0.3, -0.25) is 4.79 Å². The van der Waals surface area contributed by atoms with Crippen molar-refractivity contribution in [1.82, 2.24) is 10.2 Å². The number of carbonyl (C=O) groups excluding carboxylic acids is 1. The Morgan fingerprint density at radius 3 is 2.47 bits per heavy atom. The number of ether oxygens (including phenoxy) is 1. The minimum absolute atomic E-state index is 0. The van der Waals surface area contributed by atoms with E-state index < -0.39 is 5.60 Å². The molecule has 100 valence electrons. The van der Waals surface area contributed by atoms with E-state index in [0.717, 1.165) is 38.4 Å². The van der Waals surface area contributed by atoms with Crippen molar-refractivity contribution in [2.45, 2.75) is 31.3 Å². The van der Waals surface area contributed by atoms with Gasteiger partial charge in [-0.1, -0.05) is 0 Å². The lowest BCUT2D eigenvalue weighted by atomic mass is 9.90. The third-order valence-electron chi connectivity index (χ3n) is 3.77. The van der Waals surface area contributed by atoms with Crippen molar-refractivity contribution in [2.75, 3.05) is 33.8 Å². The summed E-state index contributed by atoms with van der Waals surface area (Å²) in [5.41, 5.74) is -0.561. The Kier molecular flexibility index (Phi) is 5.22. The van der Waals surface area contributed by atoms with Gasteiger partial charge in [0.15, 0.2) is 0 Å². The first-order chi connectivity index (χ1) is 7.68. The molecule has 2 rings (SSSR count). The molecular formula is C12H23ClN2O2. The highest BCUT2D eigenvalue weighted by atomic mass is 35.5. The van der Waals surface area contributed by atoms with Crippen LogP contribution in [0.1, 0.15) is 25.7 Å². The average molecular weight is 263 g/mol. The second kappa shape index (κ2) is 6.03. The minimum atomic E-state index is -0.561. The summed E-state index contributed by atoms with van der Waals surface area (Å²) in [7, 11) is 3.57. The highest BCUT2D eigenvalue weighted by Crippen LogP contribution is 2.31. The van der Waals surface area contributed by atoms with Crippen LogP contribution in [-0.2, 0) is 9.53 Å². The Morgan fingerprint density at radius 1 is 1.41 bits per heavy atom. The second-order valence-corrected chi connectivity index (χ2v) is 5.08. The molecule has 2 fully saturated rings. The van der Waals surface area contributed by atoms with Crippen LogP contribution in [0.2, 0.25) is 0 Å². The standard InChI is InChI=1S/C12H22N2O2.ClH/c1-14(9-10-3-4-10)11(15)12(16-2)5-7-13-8-6-12;/h10,13H,3-9H2,1-2H3;1H. The number of nitrogens with one attached hydrogen (secondary N) is 1. The van der Waals surface area contributed by atoms with Crippen molar-refractivity contribution in [3.63, 3.8) is 0 Å². The number of methoxy groups -OCH3 is 1. The van der Waals surface area contributed by atoms with Crippen LogP contribution >= 0.6 is 12.4 Å². The average Bonchev–Trinajstić information content (AvgIpc) is 3.12. The molecule has 1 saturated heterocycles. The van der Waals surface area contributed by atoms with Gasteiger partial charge in [-0.05, 0) is 44.7 Å². The van der Waals surface area contributed by atoms with Gasteiger partial charge in [-0.25, -0.2) is 0 Å². The molecule has 5 heteroatoms. The van der Waals surface area contributed by atoms with Gasteiger partial charge in [0.2, 0.25) is 0 Å². The molecule has 2 aliphatic rings. The molecule has 0 spiro atoms. The topological polar surface area (TPSA) is 41.6 Å². The number of nitrogens with zero attached hydrogens (tertiary/aromatic N) is 1. The summed E-state index contributed by atoms with van der Waals surface area (Å²) in [6.45, 7) is 2.64. The van der Waals surface area contributed by atoms with Crippen LogP contribution in [-0.4, -0.2) is 50.2 Å². The van der Waals surface area contributed by atoms with E-state index in [9.17, 15) is 4.79 Å². The number of halogens is 1. The van der Waals surface area contributed by atoms with E-state index in [2.05, 4.69) is 5.32 Å². The van der Waals surface area contributed by atoms with Crippen LogP contribution in [0.5, 0.6) is 0 Å². The highest BCUT2D eigenvalue weighted by Gasteiger charge is 2.42. The summed E-state index contributed by atoms with van der Waals surface area (Å²) < 4.78 is 5.53. The summed E-state index contributed by atoms with van der Waals surface area (Å²) in [6, 6.07) is 0. The van der Waals surface area contributed by atoms with Gasteiger partial charge >= 0.3 is 0 Å². The number of hydrogen-bond donors (Lipinski definition) is 1. The molecule has 1 N–H and O–H groups in total. The lowest BCUT2D eigenvalue weighted by molar-refractivity contribution is -0.157. The molecule has 0 aromatic rings. The first-order valence-corrected chi connectivity index (χ1v) is 6.19. The quantitative estimate of drug-likeness (QED) is 0.823. The fourth-order valence-corrected chi connectivity index (χ4v) is 2.45. The predicted molar refractivity (Wildman–Crippen MR) is 69.5 cm³/mol. The summed E-state index contributed by atoms with van der Waals surface area (Å²) >= 11 is 0. The zero-order chi connectivity index (χ0) is 11.6. The monoisotopic (exact) mass is 262 g/mol. The maximum Gasteiger partial charge on any atom is 0.254 e. The van der Waals surface area contributed by atoms with Crippen molar-refractivity contribution < 1.29 is 9.53 Å². The number of piperidine rings is 1.